The van der Waals surface area contributed by atoms with Crippen molar-refractivity contribution in [2.24, 2.45) is 0 Å². The quantitative estimate of drug-likeness (QED) is 0.379. The molecule has 6 nitrogen and oxygen atoms in total. The van der Waals surface area contributed by atoms with Crippen LogP contribution in [0.3, 0.4) is 0 Å². The topological polar surface area (TPSA) is 63.2 Å². The minimum absolute atomic E-state index is 0.103. The highest BCUT2D eigenvalue weighted by atomic mass is 35.5. The predicted octanol–water partition coefficient (Wildman–Crippen LogP) is 6.22. The van der Waals surface area contributed by atoms with E-state index in [0.717, 1.165) is 46.6 Å². The number of morpholine rings is 1. The molecular formula is C27H28ClN5O. The fraction of sp³-hybridized carbons (Fsp3) is 0.296. The first-order valence-electron chi connectivity index (χ1n) is 11.5. The number of halogens is 1. The summed E-state index contributed by atoms with van der Waals surface area (Å²) in [5.74, 6) is 1.42. The van der Waals surface area contributed by atoms with E-state index in [1.54, 1.807) is 6.20 Å². The Morgan fingerprint density at radius 2 is 1.74 bits per heavy atom. The largest absolute Gasteiger partial charge is 0.378 e. The summed E-state index contributed by atoms with van der Waals surface area (Å²) in [6.07, 6.45) is 3.66. The van der Waals surface area contributed by atoms with Crippen LogP contribution in [-0.4, -0.2) is 41.3 Å². The maximum Gasteiger partial charge on any atom is 0.226 e. The van der Waals surface area contributed by atoms with Gasteiger partial charge in [-0.15, -0.1) is 0 Å². The first-order valence-corrected chi connectivity index (χ1v) is 11.9. The highest BCUT2D eigenvalue weighted by molar-refractivity contribution is 6.37. The third-order valence-electron chi connectivity index (χ3n) is 6.09. The number of pyridine rings is 1. The van der Waals surface area contributed by atoms with E-state index in [0.29, 0.717) is 24.2 Å². The van der Waals surface area contributed by atoms with Crippen LogP contribution in [0.4, 0.5) is 17.5 Å². The Balaban J connectivity index is 1.53. The molecule has 7 heteroatoms. The number of benzene rings is 2. The van der Waals surface area contributed by atoms with Gasteiger partial charge in [-0.3, -0.25) is 0 Å². The second kappa shape index (κ2) is 9.20. The number of nitrogens with zero attached hydrogens (tertiary/aromatic N) is 4. The average molecular weight is 474 g/mol. The second-order valence-electron chi connectivity index (χ2n) is 9.48. The summed E-state index contributed by atoms with van der Waals surface area (Å²) in [7, 11) is 0. The highest BCUT2D eigenvalue weighted by Crippen LogP contribution is 2.37. The zero-order valence-electron chi connectivity index (χ0n) is 19.7. The van der Waals surface area contributed by atoms with Gasteiger partial charge in [0.25, 0.3) is 0 Å². The number of hydrogen-bond acceptors (Lipinski definition) is 6. The Kier molecular flexibility index (Phi) is 6.11. The molecule has 5 rings (SSSR count). The van der Waals surface area contributed by atoms with Crippen molar-refractivity contribution >= 4 is 39.8 Å². The first kappa shape index (κ1) is 22.6. The van der Waals surface area contributed by atoms with E-state index in [1.165, 1.54) is 5.56 Å². The third-order valence-corrected chi connectivity index (χ3v) is 6.40. The zero-order chi connectivity index (χ0) is 23.7. The molecule has 174 valence electrons. The highest BCUT2D eigenvalue weighted by Gasteiger charge is 2.18. The molecular weight excluding hydrogens is 446 g/mol. The number of nitrogens with one attached hydrogen (secondary N) is 1. The summed E-state index contributed by atoms with van der Waals surface area (Å²) < 4.78 is 5.46. The summed E-state index contributed by atoms with van der Waals surface area (Å²) in [5.41, 5.74) is 4.09. The van der Waals surface area contributed by atoms with Crippen molar-refractivity contribution in [1.82, 2.24) is 15.0 Å². The van der Waals surface area contributed by atoms with Crippen LogP contribution >= 0.6 is 11.6 Å². The lowest BCUT2D eigenvalue weighted by Crippen LogP contribution is -2.37. The molecule has 0 spiro atoms. The average Bonchev–Trinajstić information content (AvgIpc) is 2.85. The van der Waals surface area contributed by atoms with Gasteiger partial charge in [0.1, 0.15) is 5.82 Å². The van der Waals surface area contributed by atoms with E-state index in [4.69, 9.17) is 26.3 Å². The van der Waals surface area contributed by atoms with Gasteiger partial charge in [-0.25, -0.2) is 15.0 Å². The van der Waals surface area contributed by atoms with E-state index < -0.39 is 0 Å². The normalized spacial score (nSPS) is 14.4. The van der Waals surface area contributed by atoms with Crippen LogP contribution in [0.5, 0.6) is 0 Å². The van der Waals surface area contributed by atoms with Gasteiger partial charge in [-0.1, -0.05) is 56.6 Å². The van der Waals surface area contributed by atoms with Gasteiger partial charge in [0.2, 0.25) is 5.95 Å². The molecule has 1 fully saturated rings. The van der Waals surface area contributed by atoms with E-state index >= 15 is 0 Å². The van der Waals surface area contributed by atoms with Crippen molar-refractivity contribution in [2.45, 2.75) is 26.2 Å². The van der Waals surface area contributed by atoms with Gasteiger partial charge >= 0.3 is 0 Å². The Morgan fingerprint density at radius 3 is 2.47 bits per heavy atom. The molecule has 0 bridgehead atoms. The molecule has 0 atom stereocenters. The molecule has 2 aromatic heterocycles. The van der Waals surface area contributed by atoms with Crippen LogP contribution in [0.2, 0.25) is 5.02 Å². The Morgan fingerprint density at radius 1 is 0.971 bits per heavy atom. The van der Waals surface area contributed by atoms with Gasteiger partial charge in [-0.2, -0.15) is 0 Å². The van der Waals surface area contributed by atoms with Crippen LogP contribution in [0, 0.1) is 0 Å². The van der Waals surface area contributed by atoms with E-state index in [-0.39, 0.29) is 5.41 Å². The molecule has 0 radical (unpaired) electrons. The van der Waals surface area contributed by atoms with Crippen molar-refractivity contribution in [3.05, 3.63) is 71.5 Å². The molecule has 0 amide bonds. The first-order chi connectivity index (χ1) is 16.4. The van der Waals surface area contributed by atoms with Crippen LogP contribution in [0.25, 0.3) is 22.0 Å². The lowest BCUT2D eigenvalue weighted by atomic mass is 9.87. The molecule has 34 heavy (non-hydrogen) atoms. The monoisotopic (exact) mass is 473 g/mol. The summed E-state index contributed by atoms with van der Waals surface area (Å²) in [6, 6.07) is 16.3. The van der Waals surface area contributed by atoms with Crippen LogP contribution in [0.1, 0.15) is 26.3 Å². The van der Waals surface area contributed by atoms with E-state index in [9.17, 15) is 0 Å². The maximum atomic E-state index is 6.69. The zero-order valence-corrected chi connectivity index (χ0v) is 20.4. The fourth-order valence-corrected chi connectivity index (χ4v) is 4.42. The van der Waals surface area contributed by atoms with E-state index in [2.05, 4.69) is 66.3 Å². The molecule has 3 heterocycles. The van der Waals surface area contributed by atoms with Crippen molar-refractivity contribution in [3.63, 3.8) is 0 Å². The van der Waals surface area contributed by atoms with Crippen LogP contribution in [0.15, 0.2) is 60.9 Å². The van der Waals surface area contributed by atoms with Gasteiger partial charge in [0.05, 0.1) is 23.9 Å². The summed E-state index contributed by atoms with van der Waals surface area (Å²) in [6.45, 7) is 9.56. The number of fused-ring (bicyclic) bond motifs is 1. The van der Waals surface area contributed by atoms with Gasteiger partial charge < -0.3 is 15.0 Å². The third kappa shape index (κ3) is 4.56. The molecule has 1 aliphatic rings. The van der Waals surface area contributed by atoms with Crippen LogP contribution < -0.4 is 10.2 Å². The van der Waals surface area contributed by atoms with Gasteiger partial charge in [0, 0.05) is 42.1 Å². The lowest BCUT2D eigenvalue weighted by molar-refractivity contribution is 0.122. The molecule has 0 saturated carbocycles. The smallest absolute Gasteiger partial charge is 0.226 e. The number of rotatable bonds is 4. The molecule has 0 unspecified atom stereocenters. The molecule has 1 saturated heterocycles. The Hall–Kier alpha value is -3.22. The minimum Gasteiger partial charge on any atom is -0.378 e. The SMILES string of the molecule is CC(C)(C)c1ccc(Nc2ncc(-c3ccnc(N4CCOCC4)n3)c3cccc(Cl)c23)cc1. The van der Waals surface area contributed by atoms with Crippen molar-refractivity contribution in [2.75, 3.05) is 36.5 Å². The lowest BCUT2D eigenvalue weighted by Gasteiger charge is -2.26. The van der Waals surface area contributed by atoms with Crippen LogP contribution in [-0.2, 0) is 10.2 Å². The Labute approximate surface area is 205 Å². The van der Waals surface area contributed by atoms with Gasteiger partial charge in [0.15, 0.2) is 0 Å². The molecule has 1 aliphatic heterocycles. The number of anilines is 3. The standard InChI is InChI=1S/C27H28ClN5O/c1-27(2,3)18-7-9-19(10-8-18)31-25-24-20(5-4-6-22(24)28)21(17-30-25)23-11-12-29-26(32-23)33-13-15-34-16-14-33/h4-12,17H,13-16H2,1-3H3,(H,30,31). The number of ether oxygens (including phenoxy) is 1. The fourth-order valence-electron chi connectivity index (χ4n) is 4.16. The molecule has 1 N–H and O–H groups in total. The predicted molar refractivity (Wildman–Crippen MR) is 139 cm³/mol. The van der Waals surface area contributed by atoms with Crippen molar-refractivity contribution in [3.8, 4) is 11.3 Å². The van der Waals surface area contributed by atoms with E-state index in [1.807, 2.05) is 24.4 Å². The summed E-state index contributed by atoms with van der Waals surface area (Å²) >= 11 is 6.69. The molecule has 4 aromatic rings. The molecule has 0 aliphatic carbocycles. The maximum absolute atomic E-state index is 6.69. The second-order valence-corrected chi connectivity index (χ2v) is 9.88. The summed E-state index contributed by atoms with van der Waals surface area (Å²) in [4.78, 5) is 16.2. The number of aromatic nitrogens is 3. The van der Waals surface area contributed by atoms with Gasteiger partial charge in [-0.05, 0) is 40.6 Å². The van der Waals surface area contributed by atoms with Crippen molar-refractivity contribution < 1.29 is 4.74 Å². The molecule has 2 aromatic carbocycles. The number of hydrogen-bond donors (Lipinski definition) is 1. The Bertz CT molecular complexity index is 1310. The van der Waals surface area contributed by atoms with Crippen molar-refractivity contribution in [1.29, 1.82) is 0 Å². The summed E-state index contributed by atoms with van der Waals surface area (Å²) in [5, 5.41) is 5.96. The minimum atomic E-state index is 0.103.